The van der Waals surface area contributed by atoms with Crippen LogP contribution in [-0.2, 0) is 0 Å². The van der Waals surface area contributed by atoms with Crippen molar-refractivity contribution >= 4 is 29.1 Å². The number of benzene rings is 2. The zero-order valence-electron chi connectivity index (χ0n) is 17.5. The predicted octanol–water partition coefficient (Wildman–Crippen LogP) is 4.24. The van der Waals surface area contributed by atoms with E-state index in [0.29, 0.717) is 31.4 Å². The third-order valence-electron chi connectivity index (χ3n) is 5.04. The lowest BCUT2D eigenvalue weighted by Crippen LogP contribution is -2.52. The highest BCUT2D eigenvalue weighted by Crippen LogP contribution is 2.20. The maximum atomic E-state index is 13.6. The summed E-state index contributed by atoms with van der Waals surface area (Å²) in [5.74, 6) is -1.55. The Bertz CT molecular complexity index is 899. The number of halogens is 2. The van der Waals surface area contributed by atoms with Crippen molar-refractivity contribution in [3.8, 4) is 0 Å². The summed E-state index contributed by atoms with van der Waals surface area (Å²) >= 11 is 0. The molecule has 0 atom stereocenters. The summed E-state index contributed by atoms with van der Waals surface area (Å²) in [4.78, 5) is 28.2. The summed E-state index contributed by atoms with van der Waals surface area (Å²) in [6, 6.07) is 9.56. The van der Waals surface area contributed by atoms with Gasteiger partial charge in [0.2, 0.25) is 0 Å². The Morgan fingerprint density at radius 2 is 1.68 bits per heavy atom. The van der Waals surface area contributed by atoms with Gasteiger partial charge in [0.25, 0.3) is 0 Å². The lowest BCUT2D eigenvalue weighted by Gasteiger charge is -2.36. The molecule has 2 aromatic carbocycles. The molecule has 0 aliphatic carbocycles. The van der Waals surface area contributed by atoms with Gasteiger partial charge in [0.1, 0.15) is 11.6 Å². The first kappa shape index (κ1) is 22.3. The Morgan fingerprint density at radius 3 is 2.32 bits per heavy atom. The van der Waals surface area contributed by atoms with Gasteiger partial charge in [-0.3, -0.25) is 0 Å². The van der Waals surface area contributed by atoms with Crippen molar-refractivity contribution in [1.82, 2.24) is 10.2 Å². The van der Waals surface area contributed by atoms with E-state index in [2.05, 4.69) is 27.8 Å². The van der Waals surface area contributed by atoms with E-state index in [9.17, 15) is 18.4 Å². The van der Waals surface area contributed by atoms with Crippen LogP contribution in [0.3, 0.4) is 0 Å². The van der Waals surface area contributed by atoms with Crippen molar-refractivity contribution in [3.05, 3.63) is 54.1 Å². The van der Waals surface area contributed by atoms with Crippen LogP contribution in [0.1, 0.15) is 19.8 Å². The molecule has 9 heteroatoms. The van der Waals surface area contributed by atoms with Crippen molar-refractivity contribution in [2.75, 3.05) is 48.3 Å². The highest BCUT2D eigenvalue weighted by Gasteiger charge is 2.21. The van der Waals surface area contributed by atoms with Gasteiger partial charge in [-0.05, 0) is 42.8 Å². The summed E-state index contributed by atoms with van der Waals surface area (Å²) in [5, 5.41) is 7.91. The van der Waals surface area contributed by atoms with Gasteiger partial charge in [-0.15, -0.1) is 0 Å². The molecule has 2 aromatic rings. The molecular formula is C22H27F2N5O2. The zero-order chi connectivity index (χ0) is 22.2. The Kier molecular flexibility index (Phi) is 7.64. The fourth-order valence-electron chi connectivity index (χ4n) is 3.28. The third kappa shape index (κ3) is 6.31. The molecule has 0 spiro atoms. The van der Waals surface area contributed by atoms with Gasteiger partial charge in [0, 0.05) is 50.2 Å². The van der Waals surface area contributed by atoms with E-state index >= 15 is 0 Å². The number of piperazine rings is 1. The highest BCUT2D eigenvalue weighted by atomic mass is 19.1. The van der Waals surface area contributed by atoms with Crippen molar-refractivity contribution in [3.63, 3.8) is 0 Å². The van der Waals surface area contributed by atoms with Gasteiger partial charge in [-0.25, -0.2) is 18.4 Å². The van der Waals surface area contributed by atoms with E-state index in [1.807, 2.05) is 17.0 Å². The number of carbonyl (C=O) groups is 2. The van der Waals surface area contributed by atoms with Gasteiger partial charge in [0.05, 0.1) is 5.69 Å². The molecule has 166 valence electrons. The number of hydrogen-bond donors (Lipinski definition) is 3. The summed E-state index contributed by atoms with van der Waals surface area (Å²) in [5.41, 5.74) is 1.42. The molecule has 0 unspecified atom stereocenters. The smallest absolute Gasteiger partial charge is 0.323 e. The monoisotopic (exact) mass is 431 g/mol. The molecule has 1 aliphatic rings. The second kappa shape index (κ2) is 10.6. The average Bonchev–Trinajstić information content (AvgIpc) is 2.76. The predicted molar refractivity (Wildman–Crippen MR) is 118 cm³/mol. The molecule has 3 N–H and O–H groups in total. The number of amides is 4. The minimum absolute atomic E-state index is 0.0174. The number of carbonyl (C=O) groups excluding carboxylic acids is 2. The zero-order valence-corrected chi connectivity index (χ0v) is 17.5. The van der Waals surface area contributed by atoms with Crippen LogP contribution in [0.2, 0.25) is 0 Å². The van der Waals surface area contributed by atoms with Crippen LogP contribution in [-0.4, -0.2) is 49.7 Å². The number of nitrogens with zero attached hydrogens (tertiary/aromatic N) is 2. The molecule has 4 amide bonds. The maximum Gasteiger partial charge on any atom is 0.323 e. The SMILES string of the molecule is CCCCNC(=O)N1CCN(c2ccc(NC(=O)Nc3ccc(F)cc3F)cc2)CC1. The van der Waals surface area contributed by atoms with Gasteiger partial charge < -0.3 is 25.8 Å². The Labute approximate surface area is 180 Å². The standard InChI is InChI=1S/C22H27F2N5O2/c1-2-3-10-25-22(31)29-13-11-28(12-14-29)18-7-5-17(6-8-18)26-21(30)27-20-9-4-16(23)15-19(20)24/h4-9,15H,2-3,10-14H2,1H3,(H,25,31)(H2,26,27,30). The van der Waals surface area contributed by atoms with Gasteiger partial charge in [-0.2, -0.15) is 0 Å². The van der Waals surface area contributed by atoms with E-state index in [-0.39, 0.29) is 11.7 Å². The topological polar surface area (TPSA) is 76.7 Å². The summed E-state index contributed by atoms with van der Waals surface area (Å²) in [6.45, 7) is 5.51. The molecular weight excluding hydrogens is 404 g/mol. The van der Waals surface area contributed by atoms with Crippen LogP contribution in [0.15, 0.2) is 42.5 Å². The fraction of sp³-hybridized carbons (Fsp3) is 0.364. The number of anilines is 3. The molecule has 0 saturated carbocycles. The second-order valence-electron chi connectivity index (χ2n) is 7.31. The number of urea groups is 2. The number of nitrogens with one attached hydrogen (secondary N) is 3. The normalized spacial score (nSPS) is 13.6. The van der Waals surface area contributed by atoms with Crippen LogP contribution in [0, 0.1) is 11.6 Å². The Balaban J connectivity index is 1.48. The molecule has 1 fully saturated rings. The van der Waals surface area contributed by atoms with Gasteiger partial charge in [0.15, 0.2) is 0 Å². The minimum atomic E-state index is -0.844. The highest BCUT2D eigenvalue weighted by molar-refractivity contribution is 5.99. The minimum Gasteiger partial charge on any atom is -0.368 e. The lowest BCUT2D eigenvalue weighted by molar-refractivity contribution is 0.194. The van der Waals surface area contributed by atoms with Gasteiger partial charge in [-0.1, -0.05) is 13.3 Å². The largest absolute Gasteiger partial charge is 0.368 e. The molecule has 0 radical (unpaired) electrons. The first-order valence-electron chi connectivity index (χ1n) is 10.4. The quantitative estimate of drug-likeness (QED) is 0.599. The van der Waals surface area contributed by atoms with Crippen molar-refractivity contribution in [2.24, 2.45) is 0 Å². The van der Waals surface area contributed by atoms with Crippen LogP contribution < -0.4 is 20.9 Å². The third-order valence-corrected chi connectivity index (χ3v) is 5.04. The molecule has 31 heavy (non-hydrogen) atoms. The Hall–Kier alpha value is -3.36. The summed E-state index contributed by atoms with van der Waals surface area (Å²) < 4.78 is 26.6. The van der Waals surface area contributed by atoms with Crippen molar-refractivity contribution in [2.45, 2.75) is 19.8 Å². The number of hydrogen-bond acceptors (Lipinski definition) is 3. The van der Waals surface area contributed by atoms with E-state index in [0.717, 1.165) is 43.8 Å². The van der Waals surface area contributed by atoms with Crippen LogP contribution in [0.4, 0.5) is 35.4 Å². The summed E-state index contributed by atoms with van der Waals surface area (Å²) in [6.07, 6.45) is 2.02. The molecule has 0 bridgehead atoms. The fourth-order valence-corrected chi connectivity index (χ4v) is 3.28. The van der Waals surface area contributed by atoms with Crippen LogP contribution in [0.5, 0.6) is 0 Å². The van der Waals surface area contributed by atoms with E-state index < -0.39 is 17.7 Å². The van der Waals surface area contributed by atoms with E-state index in [1.54, 1.807) is 12.1 Å². The molecule has 0 aromatic heterocycles. The van der Waals surface area contributed by atoms with Crippen molar-refractivity contribution in [1.29, 1.82) is 0 Å². The Morgan fingerprint density at radius 1 is 0.968 bits per heavy atom. The summed E-state index contributed by atoms with van der Waals surface area (Å²) in [7, 11) is 0. The average molecular weight is 431 g/mol. The maximum absolute atomic E-state index is 13.6. The molecule has 3 rings (SSSR count). The lowest BCUT2D eigenvalue weighted by atomic mass is 10.2. The van der Waals surface area contributed by atoms with E-state index in [1.165, 1.54) is 0 Å². The second-order valence-corrected chi connectivity index (χ2v) is 7.31. The van der Waals surface area contributed by atoms with E-state index in [4.69, 9.17) is 0 Å². The molecule has 1 heterocycles. The van der Waals surface area contributed by atoms with Crippen LogP contribution >= 0.6 is 0 Å². The number of rotatable bonds is 6. The first-order chi connectivity index (χ1) is 15.0. The molecule has 7 nitrogen and oxygen atoms in total. The van der Waals surface area contributed by atoms with Gasteiger partial charge >= 0.3 is 12.1 Å². The first-order valence-corrected chi connectivity index (χ1v) is 10.4. The molecule has 1 saturated heterocycles. The number of unbranched alkanes of at least 4 members (excludes halogenated alkanes) is 1. The van der Waals surface area contributed by atoms with Crippen molar-refractivity contribution < 1.29 is 18.4 Å². The van der Waals surface area contributed by atoms with Crippen LogP contribution in [0.25, 0.3) is 0 Å². The molecule has 1 aliphatic heterocycles.